The average molecular weight is 299 g/mol. The molecule has 3 aromatic rings. The minimum Gasteiger partial charge on any atom is -0.453 e. The van der Waals surface area contributed by atoms with Gasteiger partial charge in [0, 0.05) is 36.8 Å². The number of nitrogens with two attached hydrogens (primary N) is 2. The van der Waals surface area contributed by atoms with E-state index in [4.69, 9.17) is 16.2 Å². The molecule has 0 saturated heterocycles. The Morgan fingerprint density at radius 3 is 2.68 bits per heavy atom. The molecule has 2 heterocycles. The van der Waals surface area contributed by atoms with Crippen LogP contribution in [-0.2, 0) is 7.05 Å². The van der Waals surface area contributed by atoms with Gasteiger partial charge in [-0.2, -0.15) is 5.10 Å². The molecular formula is C15H14FN5O. The van der Waals surface area contributed by atoms with Crippen LogP contribution in [0.1, 0.15) is 0 Å². The minimum absolute atomic E-state index is 0.0601. The standard InChI is InChI=1S/C15H14FN5O/c1-21-8-9(7-20-21)14-13(4-5-19-15(14)18)22-12-3-2-10(17)6-11(12)16/h2-8H,17H2,1H3,(H2,18,19). The number of benzene rings is 1. The van der Waals surface area contributed by atoms with Crippen molar-refractivity contribution in [1.29, 1.82) is 0 Å². The number of nitrogens with zero attached hydrogens (tertiary/aromatic N) is 3. The monoisotopic (exact) mass is 299 g/mol. The number of ether oxygens (including phenoxy) is 1. The number of halogens is 1. The maximum absolute atomic E-state index is 13.9. The van der Waals surface area contributed by atoms with Gasteiger partial charge >= 0.3 is 0 Å². The number of pyridine rings is 1. The van der Waals surface area contributed by atoms with E-state index in [-0.39, 0.29) is 11.6 Å². The molecule has 0 aliphatic heterocycles. The van der Waals surface area contributed by atoms with E-state index < -0.39 is 5.82 Å². The van der Waals surface area contributed by atoms with Crippen LogP contribution in [0.25, 0.3) is 11.1 Å². The Balaban J connectivity index is 2.06. The fraction of sp³-hybridized carbons (Fsp3) is 0.0667. The van der Waals surface area contributed by atoms with Gasteiger partial charge in [-0.25, -0.2) is 9.37 Å². The molecule has 0 saturated carbocycles. The van der Waals surface area contributed by atoms with E-state index in [1.54, 1.807) is 36.3 Å². The summed E-state index contributed by atoms with van der Waals surface area (Å²) in [7, 11) is 1.79. The first-order valence-corrected chi connectivity index (χ1v) is 6.51. The first-order chi connectivity index (χ1) is 10.5. The lowest BCUT2D eigenvalue weighted by Gasteiger charge is -2.12. The Labute approximate surface area is 126 Å². The number of hydrogen-bond donors (Lipinski definition) is 2. The van der Waals surface area contributed by atoms with Crippen LogP contribution in [0, 0.1) is 5.82 Å². The Kier molecular flexibility index (Phi) is 3.38. The van der Waals surface area contributed by atoms with E-state index in [0.717, 1.165) is 5.56 Å². The van der Waals surface area contributed by atoms with Crippen molar-refractivity contribution < 1.29 is 9.13 Å². The minimum atomic E-state index is -0.549. The van der Waals surface area contributed by atoms with Crippen LogP contribution in [0.4, 0.5) is 15.9 Å². The van der Waals surface area contributed by atoms with Crippen LogP contribution in [0.15, 0.2) is 42.9 Å². The third kappa shape index (κ3) is 2.56. The lowest BCUT2D eigenvalue weighted by molar-refractivity contribution is 0.443. The van der Waals surface area contributed by atoms with E-state index >= 15 is 0 Å². The van der Waals surface area contributed by atoms with Crippen LogP contribution < -0.4 is 16.2 Å². The molecule has 0 aliphatic carbocycles. The summed E-state index contributed by atoms with van der Waals surface area (Å²) in [4.78, 5) is 4.05. The highest BCUT2D eigenvalue weighted by molar-refractivity contribution is 5.79. The normalized spacial score (nSPS) is 10.6. The molecule has 22 heavy (non-hydrogen) atoms. The molecule has 6 nitrogen and oxygen atoms in total. The van der Waals surface area contributed by atoms with E-state index in [1.165, 1.54) is 18.3 Å². The van der Waals surface area contributed by atoms with Gasteiger partial charge in [0.25, 0.3) is 0 Å². The van der Waals surface area contributed by atoms with Crippen molar-refractivity contribution in [3.05, 3.63) is 48.7 Å². The highest BCUT2D eigenvalue weighted by atomic mass is 19.1. The Morgan fingerprint density at radius 1 is 1.18 bits per heavy atom. The molecule has 0 bridgehead atoms. The number of anilines is 2. The average Bonchev–Trinajstić information content (AvgIpc) is 2.88. The maximum atomic E-state index is 13.9. The van der Waals surface area contributed by atoms with Crippen molar-refractivity contribution in [2.24, 2.45) is 7.05 Å². The predicted octanol–water partition coefficient (Wildman–Crippen LogP) is 2.58. The van der Waals surface area contributed by atoms with Gasteiger partial charge in [-0.05, 0) is 18.2 Å². The van der Waals surface area contributed by atoms with Gasteiger partial charge in [0.05, 0.1) is 11.8 Å². The van der Waals surface area contributed by atoms with Crippen molar-refractivity contribution >= 4 is 11.5 Å². The first-order valence-electron chi connectivity index (χ1n) is 6.51. The van der Waals surface area contributed by atoms with Gasteiger partial charge in [0.1, 0.15) is 11.6 Å². The van der Waals surface area contributed by atoms with Crippen LogP contribution >= 0.6 is 0 Å². The number of rotatable bonds is 3. The number of aromatic nitrogens is 3. The summed E-state index contributed by atoms with van der Waals surface area (Å²) in [5.41, 5.74) is 13.1. The number of nitrogen functional groups attached to an aromatic ring is 2. The zero-order valence-electron chi connectivity index (χ0n) is 11.8. The molecule has 0 fully saturated rings. The van der Waals surface area contributed by atoms with Crippen LogP contribution in [0.5, 0.6) is 11.5 Å². The predicted molar refractivity (Wildman–Crippen MR) is 81.7 cm³/mol. The zero-order chi connectivity index (χ0) is 15.7. The Bertz CT molecular complexity index is 831. The Morgan fingerprint density at radius 2 is 2.00 bits per heavy atom. The van der Waals surface area contributed by atoms with Crippen LogP contribution in [-0.4, -0.2) is 14.8 Å². The van der Waals surface area contributed by atoms with Crippen molar-refractivity contribution in [2.75, 3.05) is 11.5 Å². The van der Waals surface area contributed by atoms with Crippen molar-refractivity contribution in [2.45, 2.75) is 0 Å². The third-order valence-corrected chi connectivity index (χ3v) is 3.11. The third-order valence-electron chi connectivity index (χ3n) is 3.11. The van der Waals surface area contributed by atoms with Gasteiger partial charge in [-0.15, -0.1) is 0 Å². The molecule has 0 unspecified atom stereocenters. The number of hydrogen-bond acceptors (Lipinski definition) is 5. The Hall–Kier alpha value is -3.09. The van der Waals surface area contributed by atoms with E-state index in [9.17, 15) is 4.39 Å². The summed E-state index contributed by atoms with van der Waals surface area (Å²) < 4.78 is 21.2. The van der Waals surface area contributed by atoms with Gasteiger partial charge < -0.3 is 16.2 Å². The summed E-state index contributed by atoms with van der Waals surface area (Å²) >= 11 is 0. The molecule has 0 atom stereocenters. The number of aryl methyl sites for hydroxylation is 1. The van der Waals surface area contributed by atoms with Gasteiger partial charge in [-0.3, -0.25) is 4.68 Å². The molecule has 2 aromatic heterocycles. The van der Waals surface area contributed by atoms with E-state index in [1.807, 2.05) is 0 Å². The molecule has 4 N–H and O–H groups in total. The SMILES string of the molecule is Cn1cc(-c2c(Oc3ccc(N)cc3F)ccnc2N)cn1. The fourth-order valence-corrected chi connectivity index (χ4v) is 2.10. The summed E-state index contributed by atoms with van der Waals surface area (Å²) in [5.74, 6) is 0.183. The quantitative estimate of drug-likeness (QED) is 0.725. The molecular weight excluding hydrogens is 285 g/mol. The van der Waals surface area contributed by atoms with Gasteiger partial charge in [0.2, 0.25) is 0 Å². The van der Waals surface area contributed by atoms with Crippen molar-refractivity contribution in [1.82, 2.24) is 14.8 Å². The van der Waals surface area contributed by atoms with Gasteiger partial charge in [-0.1, -0.05) is 0 Å². The topological polar surface area (TPSA) is 92.0 Å². The molecule has 3 rings (SSSR count). The zero-order valence-corrected chi connectivity index (χ0v) is 11.8. The molecule has 0 amide bonds. The highest BCUT2D eigenvalue weighted by Crippen LogP contribution is 2.37. The molecule has 0 aliphatic rings. The molecule has 0 spiro atoms. The maximum Gasteiger partial charge on any atom is 0.167 e. The second kappa shape index (κ2) is 5.36. The molecule has 7 heteroatoms. The smallest absolute Gasteiger partial charge is 0.167 e. The van der Waals surface area contributed by atoms with Crippen molar-refractivity contribution in [3.63, 3.8) is 0 Å². The molecule has 1 aromatic carbocycles. The lowest BCUT2D eigenvalue weighted by Crippen LogP contribution is -1.98. The lowest BCUT2D eigenvalue weighted by atomic mass is 10.1. The second-order valence-corrected chi connectivity index (χ2v) is 4.76. The summed E-state index contributed by atoms with van der Waals surface area (Å²) in [6, 6.07) is 5.85. The second-order valence-electron chi connectivity index (χ2n) is 4.76. The summed E-state index contributed by atoms with van der Waals surface area (Å²) in [6.07, 6.45) is 4.92. The fourth-order valence-electron chi connectivity index (χ4n) is 2.10. The first kappa shape index (κ1) is 13.9. The van der Waals surface area contributed by atoms with Crippen molar-refractivity contribution in [3.8, 4) is 22.6 Å². The van der Waals surface area contributed by atoms with Crippen LogP contribution in [0.2, 0.25) is 0 Å². The summed E-state index contributed by atoms with van der Waals surface area (Å²) in [6.45, 7) is 0. The van der Waals surface area contributed by atoms with Gasteiger partial charge in [0.15, 0.2) is 11.6 Å². The van der Waals surface area contributed by atoms with E-state index in [0.29, 0.717) is 17.0 Å². The highest BCUT2D eigenvalue weighted by Gasteiger charge is 2.15. The largest absolute Gasteiger partial charge is 0.453 e. The molecule has 0 radical (unpaired) electrons. The van der Waals surface area contributed by atoms with Crippen LogP contribution in [0.3, 0.4) is 0 Å². The molecule has 112 valence electrons. The summed E-state index contributed by atoms with van der Waals surface area (Å²) in [5, 5.41) is 4.10. The van der Waals surface area contributed by atoms with E-state index in [2.05, 4.69) is 10.1 Å².